The second kappa shape index (κ2) is 9.37. The third-order valence-electron chi connectivity index (χ3n) is 4.95. The van der Waals surface area contributed by atoms with E-state index >= 15 is 0 Å². The van der Waals surface area contributed by atoms with Crippen LogP contribution in [0.4, 0.5) is 0 Å². The van der Waals surface area contributed by atoms with E-state index in [1.807, 2.05) is 4.90 Å². The van der Waals surface area contributed by atoms with Crippen molar-refractivity contribution in [2.45, 2.75) is 31.8 Å². The summed E-state index contributed by atoms with van der Waals surface area (Å²) in [4.78, 5) is 29.7. The van der Waals surface area contributed by atoms with Gasteiger partial charge in [-0.1, -0.05) is 11.6 Å². The molecule has 2 aliphatic heterocycles. The first-order valence-electron chi connectivity index (χ1n) is 9.16. The highest BCUT2D eigenvalue weighted by atomic mass is 35.5. The van der Waals surface area contributed by atoms with Gasteiger partial charge in [0.15, 0.2) is 0 Å². The number of likely N-dealkylation sites (N-methyl/N-ethyl adjacent to an activating group) is 1. The monoisotopic (exact) mass is 441 g/mol. The maximum atomic E-state index is 12.5. The van der Waals surface area contributed by atoms with Crippen molar-refractivity contribution in [1.82, 2.24) is 9.80 Å². The van der Waals surface area contributed by atoms with Crippen LogP contribution in [0.1, 0.15) is 42.6 Å². The van der Waals surface area contributed by atoms with Crippen LogP contribution in [0.2, 0.25) is 4.34 Å². The molecule has 9 heteroatoms. The van der Waals surface area contributed by atoms with Crippen molar-refractivity contribution < 1.29 is 14.7 Å². The zero-order valence-electron chi connectivity index (χ0n) is 15.7. The Bertz CT molecular complexity index is 851. The van der Waals surface area contributed by atoms with Gasteiger partial charge < -0.3 is 20.6 Å². The van der Waals surface area contributed by atoms with Gasteiger partial charge in [-0.3, -0.25) is 9.59 Å². The van der Waals surface area contributed by atoms with Crippen LogP contribution in [0.15, 0.2) is 18.2 Å². The van der Waals surface area contributed by atoms with Crippen molar-refractivity contribution in [3.05, 3.63) is 42.7 Å². The van der Waals surface area contributed by atoms with Gasteiger partial charge in [-0.05, 0) is 50.1 Å². The molecule has 0 saturated carbocycles. The van der Waals surface area contributed by atoms with Crippen molar-refractivity contribution in [2.75, 3.05) is 26.7 Å². The zero-order valence-corrected chi connectivity index (χ0v) is 18.1. The van der Waals surface area contributed by atoms with Gasteiger partial charge in [0, 0.05) is 24.5 Å². The second-order valence-electron chi connectivity index (χ2n) is 6.99. The second-order valence-corrected chi connectivity index (χ2v) is 9.84. The molecule has 1 fully saturated rings. The minimum atomic E-state index is -0.424. The van der Waals surface area contributed by atoms with E-state index in [0.717, 1.165) is 43.8 Å². The molecular formula is C19H24ClN3O3S2. The Kier molecular flexibility index (Phi) is 7.11. The molecule has 4 rings (SSSR count). The van der Waals surface area contributed by atoms with Gasteiger partial charge in [0.25, 0.3) is 11.8 Å². The van der Waals surface area contributed by atoms with E-state index in [9.17, 15) is 14.7 Å². The topological polar surface area (TPSA) is 86.9 Å². The first-order valence-corrected chi connectivity index (χ1v) is 11.2. The largest absolute Gasteiger partial charge is 0.394 e. The number of carbonyl (C=O) groups is 2. The lowest BCUT2D eigenvalue weighted by Gasteiger charge is -2.22. The lowest BCUT2D eigenvalue weighted by molar-refractivity contribution is 0.0682. The van der Waals surface area contributed by atoms with Crippen LogP contribution in [0.5, 0.6) is 0 Å². The number of carbonyl (C=O) groups excluding carboxylic acids is 2. The summed E-state index contributed by atoms with van der Waals surface area (Å²) in [5.74, 6) is -0.314. The molecule has 6 nitrogen and oxygen atoms in total. The van der Waals surface area contributed by atoms with Crippen LogP contribution in [0, 0.1) is 0 Å². The minimum Gasteiger partial charge on any atom is -0.394 e. The summed E-state index contributed by atoms with van der Waals surface area (Å²) in [7, 11) is 2.12. The Hall–Kier alpha value is -1.45. The molecule has 1 atom stereocenters. The highest BCUT2D eigenvalue weighted by molar-refractivity contribution is 7.18. The van der Waals surface area contributed by atoms with Crippen LogP contribution in [0.25, 0.3) is 0 Å². The molecule has 2 aromatic rings. The van der Waals surface area contributed by atoms with Crippen LogP contribution >= 0.6 is 34.3 Å². The quantitative estimate of drug-likeness (QED) is 0.766. The number of likely N-dealkylation sites (tertiary alicyclic amines) is 1. The maximum Gasteiger partial charge on any atom is 0.264 e. The van der Waals surface area contributed by atoms with Crippen molar-refractivity contribution in [1.29, 1.82) is 0 Å². The highest BCUT2D eigenvalue weighted by Gasteiger charge is 2.30. The van der Waals surface area contributed by atoms with Crippen LogP contribution in [-0.4, -0.2) is 59.5 Å². The number of hydrogen-bond acceptors (Lipinski definition) is 6. The molecule has 0 aliphatic carbocycles. The van der Waals surface area contributed by atoms with Gasteiger partial charge in [0.1, 0.15) is 0 Å². The van der Waals surface area contributed by atoms with Crippen molar-refractivity contribution in [2.24, 2.45) is 5.73 Å². The van der Waals surface area contributed by atoms with E-state index < -0.39 is 5.91 Å². The molecular weight excluding hydrogens is 418 g/mol. The summed E-state index contributed by atoms with van der Waals surface area (Å²) >= 11 is 8.33. The van der Waals surface area contributed by atoms with Crippen LogP contribution < -0.4 is 5.73 Å². The number of nitrogens with zero attached hydrogens (tertiary/aromatic N) is 2. The highest BCUT2D eigenvalue weighted by Crippen LogP contribution is 2.30. The summed E-state index contributed by atoms with van der Waals surface area (Å²) in [5.41, 5.74) is 6.28. The number of aliphatic hydroxyl groups is 1. The van der Waals surface area contributed by atoms with E-state index in [0.29, 0.717) is 9.21 Å². The molecule has 0 bridgehead atoms. The van der Waals surface area contributed by atoms with E-state index in [-0.39, 0.29) is 18.6 Å². The summed E-state index contributed by atoms with van der Waals surface area (Å²) in [6.45, 7) is 2.89. The Labute approximate surface area is 177 Å². The molecule has 28 heavy (non-hydrogen) atoms. The molecule has 0 spiro atoms. The van der Waals surface area contributed by atoms with Crippen LogP contribution in [0.3, 0.4) is 0 Å². The molecule has 2 amide bonds. The molecule has 2 aromatic heterocycles. The lowest BCUT2D eigenvalue weighted by atomic mass is 10.1. The number of nitrogens with two attached hydrogens (primary N) is 1. The molecule has 1 saturated heterocycles. The van der Waals surface area contributed by atoms with E-state index in [4.69, 9.17) is 17.3 Å². The SMILES string of the molecule is CN1CCc2cc(C(=O)N3CCC[C@H]3CO)sc2C1.NC(=O)c1ccc(Cl)s1. The predicted octanol–water partition coefficient (Wildman–Crippen LogP) is 2.83. The fourth-order valence-electron chi connectivity index (χ4n) is 3.43. The molecule has 152 valence electrons. The molecule has 0 aromatic carbocycles. The standard InChI is InChI=1S/C14H20N2O2S.C5H4ClNOS/c1-15-6-4-10-7-12(19-13(10)8-15)14(18)16-5-2-3-11(16)9-17;6-4-2-1-3(9-4)5(7)8/h7,11,17H,2-6,8-9H2,1H3;1-2H,(H2,7,8)/t11-;/m0./s1. The Morgan fingerprint density at radius 2 is 2.07 bits per heavy atom. The van der Waals surface area contributed by atoms with Gasteiger partial charge >= 0.3 is 0 Å². The van der Waals surface area contributed by atoms with Gasteiger partial charge in [-0.25, -0.2) is 0 Å². The predicted molar refractivity (Wildman–Crippen MR) is 113 cm³/mol. The van der Waals surface area contributed by atoms with E-state index in [1.54, 1.807) is 23.5 Å². The Morgan fingerprint density at radius 3 is 2.68 bits per heavy atom. The first-order chi connectivity index (χ1) is 13.4. The number of primary amides is 1. The normalized spacial score (nSPS) is 19.1. The molecule has 2 aliphatic rings. The first kappa shape index (κ1) is 21.3. The summed E-state index contributed by atoms with van der Waals surface area (Å²) in [6.07, 6.45) is 2.97. The summed E-state index contributed by atoms with van der Waals surface area (Å²) in [5, 5.41) is 9.33. The van der Waals surface area contributed by atoms with Gasteiger partial charge in [-0.15, -0.1) is 22.7 Å². The number of thiophene rings is 2. The zero-order chi connectivity index (χ0) is 20.3. The number of aliphatic hydroxyl groups excluding tert-OH is 1. The average Bonchev–Trinajstić information content (AvgIpc) is 3.39. The number of fused-ring (bicyclic) bond motifs is 1. The molecule has 3 N–H and O–H groups in total. The molecule has 4 heterocycles. The Balaban J connectivity index is 0.000000211. The van der Waals surface area contributed by atoms with Gasteiger partial charge in [0.05, 0.1) is 26.7 Å². The number of amides is 2. The van der Waals surface area contributed by atoms with E-state index in [1.165, 1.54) is 21.8 Å². The lowest BCUT2D eigenvalue weighted by Crippen LogP contribution is -2.37. The average molecular weight is 442 g/mol. The molecule has 0 radical (unpaired) electrons. The van der Waals surface area contributed by atoms with Crippen molar-refractivity contribution >= 4 is 46.1 Å². The number of hydrogen-bond donors (Lipinski definition) is 2. The minimum absolute atomic E-state index is 0.0225. The Morgan fingerprint density at radius 1 is 1.29 bits per heavy atom. The van der Waals surface area contributed by atoms with Crippen molar-refractivity contribution in [3.8, 4) is 0 Å². The summed E-state index contributed by atoms with van der Waals surface area (Å²) < 4.78 is 0.587. The number of rotatable bonds is 3. The van der Waals surface area contributed by atoms with Gasteiger partial charge in [0.2, 0.25) is 0 Å². The van der Waals surface area contributed by atoms with E-state index in [2.05, 4.69) is 18.0 Å². The maximum absolute atomic E-state index is 12.5. The fraction of sp³-hybridized carbons (Fsp3) is 0.474. The fourth-order valence-corrected chi connectivity index (χ4v) is 5.58. The van der Waals surface area contributed by atoms with Crippen molar-refractivity contribution in [3.63, 3.8) is 0 Å². The molecule has 0 unspecified atom stereocenters. The van der Waals surface area contributed by atoms with Gasteiger partial charge in [-0.2, -0.15) is 0 Å². The third kappa shape index (κ3) is 4.93. The third-order valence-corrected chi connectivity index (χ3v) is 7.34. The smallest absolute Gasteiger partial charge is 0.264 e. The number of halogens is 1. The van der Waals surface area contributed by atoms with Crippen LogP contribution in [-0.2, 0) is 13.0 Å². The summed E-state index contributed by atoms with van der Waals surface area (Å²) in [6, 6.07) is 5.35.